The zero-order valence-corrected chi connectivity index (χ0v) is 36.3. The molecule has 55 heavy (non-hydrogen) atoms. The Balaban J connectivity index is 4.15. The maximum Gasteiger partial charge on any atom is 0.472 e. The molecule has 0 bridgehead atoms. The molecular weight excluding hydrogens is 713 g/mol. The summed E-state index contributed by atoms with van der Waals surface area (Å²) in [6.45, 7) is 3.68. The predicted molar refractivity (Wildman–Crippen MR) is 229 cm³/mol. The summed E-state index contributed by atoms with van der Waals surface area (Å²) in [6.07, 6.45) is 46.1. The number of ether oxygens (including phenoxy) is 2. The fraction of sp³-hybridized carbons (Fsp3) is 0.822. The van der Waals surface area contributed by atoms with Crippen molar-refractivity contribution in [3.8, 4) is 0 Å². The van der Waals surface area contributed by atoms with Crippen LogP contribution in [0.4, 0.5) is 0 Å². The maximum absolute atomic E-state index is 12.6. The minimum Gasteiger partial charge on any atom is -0.462 e. The fourth-order valence-electron chi connectivity index (χ4n) is 6.17. The summed E-state index contributed by atoms with van der Waals surface area (Å²) in [4.78, 5) is 34.9. The highest BCUT2D eigenvalue weighted by molar-refractivity contribution is 7.47. The smallest absolute Gasteiger partial charge is 0.462 e. The molecule has 0 amide bonds. The Morgan fingerprint density at radius 2 is 0.945 bits per heavy atom. The standard InChI is InChI=1S/C45H84NO8P/c1-3-5-7-9-11-13-15-17-19-20-21-22-24-26-28-30-32-34-36-38-45(48)54-43(42-53-55(49,50)52-40-39-46)41-51-44(47)37-35-33-31-29-27-25-23-18-16-14-12-10-8-6-4-2/h12,14,18,23,27,29,43H,3-11,13,15-17,19-22,24-26,28,30-42,46H2,1-2H3,(H,49,50)/b14-12+,23-18+,29-27+/t43-/m1/s1. The number of carbonyl (C=O) groups excluding carboxylic acids is 2. The van der Waals surface area contributed by atoms with Crippen molar-refractivity contribution in [1.82, 2.24) is 0 Å². The molecule has 0 aromatic rings. The Morgan fingerprint density at radius 3 is 1.44 bits per heavy atom. The van der Waals surface area contributed by atoms with Gasteiger partial charge in [0.25, 0.3) is 0 Å². The molecule has 2 atom stereocenters. The van der Waals surface area contributed by atoms with Crippen molar-refractivity contribution in [1.29, 1.82) is 0 Å². The number of allylic oxidation sites excluding steroid dienone is 6. The number of carbonyl (C=O) groups is 2. The van der Waals surface area contributed by atoms with Crippen molar-refractivity contribution < 1.29 is 37.6 Å². The molecule has 0 heterocycles. The number of unbranched alkanes of at least 4 members (excludes halogenated alkanes) is 23. The number of nitrogens with two attached hydrogens (primary N) is 1. The summed E-state index contributed by atoms with van der Waals surface area (Å²) >= 11 is 0. The van der Waals surface area contributed by atoms with Crippen LogP contribution >= 0.6 is 7.82 Å². The monoisotopic (exact) mass is 798 g/mol. The normalized spacial score (nSPS) is 13.6. The number of hydrogen-bond acceptors (Lipinski definition) is 8. The van der Waals surface area contributed by atoms with Crippen LogP contribution in [0.25, 0.3) is 0 Å². The van der Waals surface area contributed by atoms with Crippen LogP contribution in [0, 0.1) is 0 Å². The zero-order chi connectivity index (χ0) is 40.3. The molecular formula is C45H84NO8P. The van der Waals surface area contributed by atoms with Crippen LogP contribution in [-0.2, 0) is 32.7 Å². The summed E-state index contributed by atoms with van der Waals surface area (Å²) in [5.74, 6) is -0.867. The molecule has 0 aliphatic rings. The van der Waals surface area contributed by atoms with Gasteiger partial charge in [-0.05, 0) is 51.4 Å². The average molecular weight is 798 g/mol. The molecule has 0 aromatic carbocycles. The minimum absolute atomic E-state index is 0.0489. The molecule has 0 rings (SSSR count). The van der Waals surface area contributed by atoms with Gasteiger partial charge in [0.2, 0.25) is 0 Å². The number of phosphoric ester groups is 1. The molecule has 0 fully saturated rings. The summed E-state index contributed by atoms with van der Waals surface area (Å²) in [5.41, 5.74) is 5.35. The van der Waals surface area contributed by atoms with Crippen LogP contribution in [0.1, 0.15) is 206 Å². The molecule has 0 saturated carbocycles. The number of hydrogen-bond donors (Lipinski definition) is 2. The first-order chi connectivity index (χ1) is 26.8. The van der Waals surface area contributed by atoms with Crippen molar-refractivity contribution >= 4 is 19.8 Å². The van der Waals surface area contributed by atoms with E-state index in [9.17, 15) is 19.0 Å². The third kappa shape index (κ3) is 41.7. The van der Waals surface area contributed by atoms with Crippen LogP contribution in [0.2, 0.25) is 0 Å². The molecule has 3 N–H and O–H groups in total. The lowest BCUT2D eigenvalue weighted by atomic mass is 10.0. The first-order valence-electron chi connectivity index (χ1n) is 22.5. The second-order valence-corrected chi connectivity index (χ2v) is 16.4. The predicted octanol–water partition coefficient (Wildman–Crippen LogP) is 12.9. The zero-order valence-electron chi connectivity index (χ0n) is 35.4. The quantitative estimate of drug-likeness (QED) is 0.0268. The van der Waals surface area contributed by atoms with Crippen molar-refractivity contribution in [2.75, 3.05) is 26.4 Å². The highest BCUT2D eigenvalue weighted by atomic mass is 31.2. The first kappa shape index (κ1) is 53.2. The van der Waals surface area contributed by atoms with E-state index in [1.54, 1.807) is 0 Å². The van der Waals surface area contributed by atoms with Crippen molar-refractivity contribution in [2.24, 2.45) is 5.73 Å². The molecule has 0 saturated heterocycles. The summed E-state index contributed by atoms with van der Waals surface area (Å²) in [6, 6.07) is 0. The second-order valence-electron chi connectivity index (χ2n) is 14.9. The van der Waals surface area contributed by atoms with Gasteiger partial charge >= 0.3 is 19.8 Å². The van der Waals surface area contributed by atoms with E-state index in [1.165, 1.54) is 122 Å². The van der Waals surface area contributed by atoms with Crippen LogP contribution in [0.15, 0.2) is 36.5 Å². The third-order valence-electron chi connectivity index (χ3n) is 9.53. The van der Waals surface area contributed by atoms with Gasteiger partial charge in [-0.3, -0.25) is 18.6 Å². The molecule has 0 radical (unpaired) electrons. The van der Waals surface area contributed by atoms with E-state index in [2.05, 4.69) is 50.3 Å². The number of phosphoric acid groups is 1. The molecule has 322 valence electrons. The lowest BCUT2D eigenvalue weighted by molar-refractivity contribution is -0.161. The van der Waals surface area contributed by atoms with Gasteiger partial charge in [0.15, 0.2) is 6.10 Å². The van der Waals surface area contributed by atoms with Gasteiger partial charge in [-0.15, -0.1) is 0 Å². The largest absolute Gasteiger partial charge is 0.472 e. The van der Waals surface area contributed by atoms with Gasteiger partial charge in [0.1, 0.15) is 6.61 Å². The van der Waals surface area contributed by atoms with Gasteiger partial charge < -0.3 is 20.1 Å². The van der Waals surface area contributed by atoms with E-state index in [0.29, 0.717) is 12.8 Å². The number of rotatable bonds is 42. The maximum atomic E-state index is 12.6. The van der Waals surface area contributed by atoms with E-state index in [1.807, 2.05) is 0 Å². The Labute approximate surface area is 337 Å². The lowest BCUT2D eigenvalue weighted by Crippen LogP contribution is -2.29. The topological polar surface area (TPSA) is 134 Å². The van der Waals surface area contributed by atoms with E-state index >= 15 is 0 Å². The van der Waals surface area contributed by atoms with Gasteiger partial charge in [-0.25, -0.2) is 4.57 Å². The molecule has 0 aliphatic carbocycles. The molecule has 1 unspecified atom stereocenters. The van der Waals surface area contributed by atoms with Gasteiger partial charge in [0, 0.05) is 19.4 Å². The Morgan fingerprint density at radius 1 is 0.545 bits per heavy atom. The minimum atomic E-state index is -4.38. The summed E-state index contributed by atoms with van der Waals surface area (Å²) in [5, 5.41) is 0. The van der Waals surface area contributed by atoms with Gasteiger partial charge in [-0.2, -0.15) is 0 Å². The fourth-order valence-corrected chi connectivity index (χ4v) is 6.94. The van der Waals surface area contributed by atoms with Crippen LogP contribution < -0.4 is 5.73 Å². The number of esters is 2. The van der Waals surface area contributed by atoms with E-state index in [4.69, 9.17) is 24.3 Å². The SMILES string of the molecule is CCCCC/C=C/C/C=C/C/C=C/CCCCC(=O)OC[C@H](COP(=O)(O)OCCN)OC(=O)CCCCCCCCCCCCCCCCCCCCC. The lowest BCUT2D eigenvalue weighted by Gasteiger charge is -2.19. The van der Waals surface area contributed by atoms with Gasteiger partial charge in [0.05, 0.1) is 13.2 Å². The average Bonchev–Trinajstić information content (AvgIpc) is 3.17. The third-order valence-corrected chi connectivity index (χ3v) is 10.5. The van der Waals surface area contributed by atoms with Crippen LogP contribution in [-0.4, -0.2) is 49.3 Å². The van der Waals surface area contributed by atoms with Crippen molar-refractivity contribution in [3.63, 3.8) is 0 Å². The summed E-state index contributed by atoms with van der Waals surface area (Å²) in [7, 11) is -4.38. The first-order valence-corrected chi connectivity index (χ1v) is 24.0. The van der Waals surface area contributed by atoms with Crippen LogP contribution in [0.5, 0.6) is 0 Å². The molecule has 9 nitrogen and oxygen atoms in total. The Hall–Kier alpha value is -1.77. The van der Waals surface area contributed by atoms with Crippen LogP contribution in [0.3, 0.4) is 0 Å². The highest BCUT2D eigenvalue weighted by Gasteiger charge is 2.26. The van der Waals surface area contributed by atoms with E-state index in [0.717, 1.165) is 44.9 Å². The molecule has 0 aliphatic heterocycles. The van der Waals surface area contributed by atoms with Crippen molar-refractivity contribution in [2.45, 2.75) is 213 Å². The second kappa shape index (κ2) is 41.9. The molecule has 0 aromatic heterocycles. The molecule has 0 spiro atoms. The summed E-state index contributed by atoms with van der Waals surface area (Å²) < 4.78 is 32.8. The Bertz CT molecular complexity index is 1000. The van der Waals surface area contributed by atoms with E-state index < -0.39 is 32.5 Å². The highest BCUT2D eigenvalue weighted by Crippen LogP contribution is 2.43. The Kier molecular flexibility index (Phi) is 40.5. The molecule has 10 heteroatoms. The van der Waals surface area contributed by atoms with Crippen molar-refractivity contribution in [3.05, 3.63) is 36.5 Å². The van der Waals surface area contributed by atoms with Gasteiger partial charge in [-0.1, -0.05) is 179 Å². The van der Waals surface area contributed by atoms with E-state index in [-0.39, 0.29) is 32.6 Å².